The number of carboxylic acid groups (broad SMARTS) is 1. The van der Waals surface area contributed by atoms with E-state index in [1.54, 1.807) is 11.8 Å². The van der Waals surface area contributed by atoms with Gasteiger partial charge < -0.3 is 9.84 Å². The number of aromatic nitrogens is 3. The molecule has 0 aliphatic heterocycles. The molecule has 0 saturated heterocycles. The number of nitrogens with zero attached hydrogens (tertiary/aromatic N) is 3. The molecule has 6 heteroatoms. The van der Waals surface area contributed by atoms with E-state index in [0.717, 1.165) is 17.1 Å². The van der Waals surface area contributed by atoms with Gasteiger partial charge in [-0.05, 0) is 31.0 Å². The lowest BCUT2D eigenvalue weighted by Crippen LogP contribution is -2.04. The molecule has 2 aromatic rings. The van der Waals surface area contributed by atoms with Crippen molar-refractivity contribution < 1.29 is 14.6 Å². The molecule has 1 N–H and O–H groups in total. The number of ether oxygens (including phenoxy) is 1. The second-order valence-corrected chi connectivity index (χ2v) is 4.12. The third-order valence-electron chi connectivity index (χ3n) is 2.82. The van der Waals surface area contributed by atoms with Gasteiger partial charge in [-0.2, -0.15) is 5.10 Å². The standard InChI is InChI=1S/C13H15N3O3/c1-9-14-8-15-16(9)11-7-10(4-6-13(17)18)3-5-12(11)19-2/h3,5,7-8H,4,6H2,1-2H3,(H,17,18). The van der Waals surface area contributed by atoms with Crippen LogP contribution in [0.4, 0.5) is 0 Å². The van der Waals surface area contributed by atoms with Crippen molar-refractivity contribution in [3.05, 3.63) is 35.9 Å². The van der Waals surface area contributed by atoms with Gasteiger partial charge in [0.1, 0.15) is 23.6 Å². The van der Waals surface area contributed by atoms with E-state index >= 15 is 0 Å². The second-order valence-electron chi connectivity index (χ2n) is 4.12. The van der Waals surface area contributed by atoms with Crippen LogP contribution in [0, 0.1) is 6.92 Å². The zero-order chi connectivity index (χ0) is 13.8. The number of carbonyl (C=O) groups is 1. The zero-order valence-corrected chi connectivity index (χ0v) is 10.8. The van der Waals surface area contributed by atoms with Crippen LogP contribution in [0.5, 0.6) is 5.75 Å². The van der Waals surface area contributed by atoms with Gasteiger partial charge in [0, 0.05) is 6.42 Å². The maximum absolute atomic E-state index is 10.6. The normalized spacial score (nSPS) is 10.4. The highest BCUT2D eigenvalue weighted by molar-refractivity contribution is 5.67. The summed E-state index contributed by atoms with van der Waals surface area (Å²) in [4.78, 5) is 14.7. The van der Waals surface area contributed by atoms with Crippen molar-refractivity contribution in [2.75, 3.05) is 7.11 Å². The minimum absolute atomic E-state index is 0.0993. The fraction of sp³-hybridized carbons (Fsp3) is 0.308. The van der Waals surface area contributed by atoms with Gasteiger partial charge in [0.15, 0.2) is 0 Å². The summed E-state index contributed by atoms with van der Waals surface area (Å²) in [6.45, 7) is 1.84. The number of hydrogen-bond acceptors (Lipinski definition) is 4. The van der Waals surface area contributed by atoms with Gasteiger partial charge in [-0.25, -0.2) is 9.67 Å². The molecule has 0 saturated carbocycles. The van der Waals surface area contributed by atoms with Gasteiger partial charge >= 0.3 is 5.97 Å². The van der Waals surface area contributed by atoms with Gasteiger partial charge in [0.25, 0.3) is 0 Å². The Bertz CT molecular complexity index is 593. The third kappa shape index (κ3) is 2.90. The maximum atomic E-state index is 10.6. The van der Waals surface area contributed by atoms with Gasteiger partial charge in [0.05, 0.1) is 7.11 Å². The highest BCUT2D eigenvalue weighted by Crippen LogP contribution is 2.24. The van der Waals surface area contributed by atoms with E-state index < -0.39 is 5.97 Å². The van der Waals surface area contributed by atoms with Gasteiger partial charge in [-0.1, -0.05) is 6.07 Å². The average molecular weight is 261 g/mol. The summed E-state index contributed by atoms with van der Waals surface area (Å²) < 4.78 is 6.97. The highest BCUT2D eigenvalue weighted by Gasteiger charge is 2.10. The first-order valence-corrected chi connectivity index (χ1v) is 5.87. The van der Waals surface area contributed by atoms with Crippen LogP contribution in [0.3, 0.4) is 0 Å². The molecular formula is C13H15N3O3. The SMILES string of the molecule is COc1ccc(CCC(=O)O)cc1-n1ncnc1C. The molecule has 1 aromatic carbocycles. The van der Waals surface area contributed by atoms with Crippen LogP contribution in [0.25, 0.3) is 5.69 Å². The van der Waals surface area contributed by atoms with Crippen molar-refractivity contribution >= 4 is 5.97 Å². The Balaban J connectivity index is 2.37. The molecule has 0 bridgehead atoms. The molecule has 2 rings (SSSR count). The number of aliphatic carboxylic acids is 1. The molecule has 0 aliphatic carbocycles. The Morgan fingerprint density at radius 2 is 2.26 bits per heavy atom. The maximum Gasteiger partial charge on any atom is 0.303 e. The Hall–Kier alpha value is -2.37. The molecule has 6 nitrogen and oxygen atoms in total. The number of rotatable bonds is 5. The van der Waals surface area contributed by atoms with Gasteiger partial charge in [0.2, 0.25) is 0 Å². The lowest BCUT2D eigenvalue weighted by molar-refractivity contribution is -0.136. The van der Waals surface area contributed by atoms with Crippen LogP contribution in [0.15, 0.2) is 24.5 Å². The van der Waals surface area contributed by atoms with Crippen molar-refractivity contribution in [3.63, 3.8) is 0 Å². The Labute approximate surface area is 110 Å². The fourth-order valence-corrected chi connectivity index (χ4v) is 1.84. The molecule has 0 unspecified atom stereocenters. The van der Waals surface area contributed by atoms with Crippen molar-refractivity contribution in [3.8, 4) is 11.4 Å². The number of hydrogen-bond donors (Lipinski definition) is 1. The molecule has 19 heavy (non-hydrogen) atoms. The van der Waals surface area contributed by atoms with E-state index in [-0.39, 0.29) is 6.42 Å². The Morgan fingerprint density at radius 1 is 1.47 bits per heavy atom. The molecule has 0 fully saturated rings. The monoisotopic (exact) mass is 261 g/mol. The average Bonchev–Trinajstić information content (AvgIpc) is 2.82. The van der Waals surface area contributed by atoms with Crippen LogP contribution in [-0.4, -0.2) is 33.0 Å². The summed E-state index contributed by atoms with van der Waals surface area (Å²) in [5.74, 6) is 0.607. The van der Waals surface area contributed by atoms with Crippen LogP contribution >= 0.6 is 0 Å². The molecular weight excluding hydrogens is 246 g/mol. The third-order valence-corrected chi connectivity index (χ3v) is 2.82. The minimum Gasteiger partial charge on any atom is -0.494 e. The molecule has 0 aliphatic rings. The first-order chi connectivity index (χ1) is 9.11. The first kappa shape index (κ1) is 13.1. The van der Waals surface area contributed by atoms with E-state index in [1.165, 1.54) is 6.33 Å². The minimum atomic E-state index is -0.811. The van der Waals surface area contributed by atoms with Crippen LogP contribution in [-0.2, 0) is 11.2 Å². The van der Waals surface area contributed by atoms with Crippen LogP contribution in [0.1, 0.15) is 17.8 Å². The van der Waals surface area contributed by atoms with Crippen molar-refractivity contribution in [1.29, 1.82) is 0 Å². The number of methoxy groups -OCH3 is 1. The number of aryl methyl sites for hydroxylation is 2. The smallest absolute Gasteiger partial charge is 0.303 e. The fourth-order valence-electron chi connectivity index (χ4n) is 1.84. The number of benzene rings is 1. The van der Waals surface area contributed by atoms with Crippen molar-refractivity contribution in [1.82, 2.24) is 14.8 Å². The molecule has 100 valence electrons. The van der Waals surface area contributed by atoms with E-state index in [1.807, 2.05) is 25.1 Å². The summed E-state index contributed by atoms with van der Waals surface area (Å²) in [6.07, 6.45) is 2.04. The number of carboxylic acids is 1. The van der Waals surface area contributed by atoms with Crippen LogP contribution in [0.2, 0.25) is 0 Å². The summed E-state index contributed by atoms with van der Waals surface area (Å²) >= 11 is 0. The van der Waals surface area contributed by atoms with E-state index in [4.69, 9.17) is 9.84 Å². The summed E-state index contributed by atoms with van der Waals surface area (Å²) in [7, 11) is 1.59. The molecule has 1 aromatic heterocycles. The molecule has 0 spiro atoms. The van der Waals surface area contributed by atoms with E-state index in [0.29, 0.717) is 12.2 Å². The predicted molar refractivity (Wildman–Crippen MR) is 68.6 cm³/mol. The molecule has 0 radical (unpaired) electrons. The van der Waals surface area contributed by atoms with Crippen molar-refractivity contribution in [2.24, 2.45) is 0 Å². The summed E-state index contributed by atoms with van der Waals surface area (Å²) in [5, 5.41) is 12.9. The lowest BCUT2D eigenvalue weighted by Gasteiger charge is -2.11. The van der Waals surface area contributed by atoms with Crippen LogP contribution < -0.4 is 4.74 Å². The largest absolute Gasteiger partial charge is 0.494 e. The topological polar surface area (TPSA) is 77.2 Å². The quantitative estimate of drug-likeness (QED) is 0.884. The van der Waals surface area contributed by atoms with E-state index in [9.17, 15) is 4.79 Å². The van der Waals surface area contributed by atoms with Gasteiger partial charge in [-0.3, -0.25) is 4.79 Å². The second kappa shape index (κ2) is 5.51. The van der Waals surface area contributed by atoms with E-state index in [2.05, 4.69) is 10.1 Å². The predicted octanol–water partition coefficient (Wildman–Crippen LogP) is 1.60. The van der Waals surface area contributed by atoms with Gasteiger partial charge in [-0.15, -0.1) is 0 Å². The Morgan fingerprint density at radius 3 is 2.84 bits per heavy atom. The molecule has 1 heterocycles. The molecule has 0 atom stereocenters. The van der Waals surface area contributed by atoms with Crippen molar-refractivity contribution in [2.45, 2.75) is 19.8 Å². The summed E-state index contributed by atoms with van der Waals surface area (Å²) in [5.41, 5.74) is 1.69. The zero-order valence-electron chi connectivity index (χ0n) is 10.8. The summed E-state index contributed by atoms with van der Waals surface area (Å²) in [6, 6.07) is 5.55. The highest BCUT2D eigenvalue weighted by atomic mass is 16.5. The first-order valence-electron chi connectivity index (χ1n) is 5.87. The lowest BCUT2D eigenvalue weighted by atomic mass is 10.1. The molecule has 0 amide bonds. The Kier molecular flexibility index (Phi) is 3.79.